The highest BCUT2D eigenvalue weighted by Crippen LogP contribution is 2.32. The highest BCUT2D eigenvalue weighted by Gasteiger charge is 2.16. The number of aromatic nitrogens is 5. The topological polar surface area (TPSA) is 77.9 Å². The molecule has 0 aliphatic rings. The number of aryl methyl sites for hydroxylation is 1. The zero-order valence-corrected chi connectivity index (χ0v) is 17.0. The van der Waals surface area contributed by atoms with Crippen molar-refractivity contribution in [3.8, 4) is 28.7 Å². The van der Waals surface area contributed by atoms with Crippen molar-refractivity contribution in [1.29, 1.82) is 0 Å². The quantitative estimate of drug-likeness (QED) is 0.535. The Kier molecular flexibility index (Phi) is 4.87. The van der Waals surface area contributed by atoms with Crippen LogP contribution < -0.4 is 9.47 Å². The van der Waals surface area contributed by atoms with E-state index in [2.05, 4.69) is 45.0 Å². The SMILES string of the molecule is COc1ccc(Cc2nc(-c3cc(C)n(-c4ncn[nH]4)c3C)cs2)cc1OC. The van der Waals surface area contributed by atoms with Crippen molar-refractivity contribution in [2.75, 3.05) is 14.2 Å². The minimum Gasteiger partial charge on any atom is -0.493 e. The zero-order chi connectivity index (χ0) is 19.7. The van der Waals surface area contributed by atoms with Crippen LogP contribution in [0.2, 0.25) is 0 Å². The summed E-state index contributed by atoms with van der Waals surface area (Å²) in [4.78, 5) is 9.12. The molecule has 0 aliphatic heterocycles. The number of nitrogens with one attached hydrogen (secondary N) is 1. The van der Waals surface area contributed by atoms with E-state index in [0.717, 1.165) is 51.1 Å². The van der Waals surface area contributed by atoms with E-state index >= 15 is 0 Å². The molecule has 7 nitrogen and oxygen atoms in total. The molecule has 8 heteroatoms. The predicted octanol–water partition coefficient (Wildman–Crippen LogP) is 3.94. The summed E-state index contributed by atoms with van der Waals surface area (Å²) in [5.74, 6) is 2.17. The van der Waals surface area contributed by atoms with Crippen molar-refractivity contribution >= 4 is 11.3 Å². The molecule has 1 aromatic carbocycles. The summed E-state index contributed by atoms with van der Waals surface area (Å²) in [6, 6.07) is 8.09. The normalized spacial score (nSPS) is 11.0. The molecule has 4 aromatic rings. The Morgan fingerprint density at radius 2 is 1.93 bits per heavy atom. The van der Waals surface area contributed by atoms with Gasteiger partial charge in [0.2, 0.25) is 5.95 Å². The fraction of sp³-hybridized carbons (Fsp3) is 0.250. The number of benzene rings is 1. The lowest BCUT2D eigenvalue weighted by molar-refractivity contribution is 0.354. The average Bonchev–Trinajstić information content (AvgIpc) is 3.43. The van der Waals surface area contributed by atoms with Gasteiger partial charge in [0.1, 0.15) is 6.33 Å². The lowest BCUT2D eigenvalue weighted by Crippen LogP contribution is -2.01. The smallest absolute Gasteiger partial charge is 0.229 e. The van der Waals surface area contributed by atoms with Crippen molar-refractivity contribution in [3.63, 3.8) is 0 Å². The molecule has 3 aromatic heterocycles. The van der Waals surface area contributed by atoms with Gasteiger partial charge in [-0.25, -0.2) is 10.1 Å². The molecule has 3 heterocycles. The first-order valence-corrected chi connectivity index (χ1v) is 9.69. The standard InChI is InChI=1S/C20H21N5O2S/c1-12-7-15(13(2)25(12)20-21-11-22-24-20)16-10-28-19(23-16)9-14-5-6-17(26-3)18(8-14)27-4/h5-8,10-11H,9H2,1-4H3,(H,21,22,24). The maximum atomic E-state index is 5.40. The van der Waals surface area contributed by atoms with Gasteiger partial charge in [0.05, 0.1) is 24.9 Å². The van der Waals surface area contributed by atoms with E-state index in [-0.39, 0.29) is 0 Å². The van der Waals surface area contributed by atoms with Crippen molar-refractivity contribution < 1.29 is 9.47 Å². The minimum atomic E-state index is 0.710. The molecule has 28 heavy (non-hydrogen) atoms. The van der Waals surface area contributed by atoms with Crippen molar-refractivity contribution in [2.45, 2.75) is 20.3 Å². The third-order valence-corrected chi connectivity index (χ3v) is 5.53. The highest BCUT2D eigenvalue weighted by molar-refractivity contribution is 7.10. The molecule has 0 spiro atoms. The first-order chi connectivity index (χ1) is 13.6. The molecular weight excluding hydrogens is 374 g/mol. The van der Waals surface area contributed by atoms with Crippen LogP contribution in [-0.4, -0.2) is 39.0 Å². The molecule has 0 unspecified atom stereocenters. The van der Waals surface area contributed by atoms with Gasteiger partial charge in [0, 0.05) is 28.8 Å². The largest absolute Gasteiger partial charge is 0.493 e. The van der Waals surface area contributed by atoms with Gasteiger partial charge >= 0.3 is 0 Å². The molecule has 0 bridgehead atoms. The lowest BCUT2D eigenvalue weighted by Gasteiger charge is -2.08. The van der Waals surface area contributed by atoms with Gasteiger partial charge < -0.3 is 9.47 Å². The molecule has 0 fully saturated rings. The van der Waals surface area contributed by atoms with E-state index < -0.39 is 0 Å². The number of methoxy groups -OCH3 is 2. The Morgan fingerprint density at radius 1 is 1.11 bits per heavy atom. The van der Waals surface area contributed by atoms with Crippen LogP contribution in [0, 0.1) is 13.8 Å². The first kappa shape index (κ1) is 18.2. The zero-order valence-electron chi connectivity index (χ0n) is 16.2. The Labute approximate surface area is 167 Å². The number of H-pyrrole nitrogens is 1. The third-order valence-electron chi connectivity index (χ3n) is 4.68. The van der Waals surface area contributed by atoms with Gasteiger partial charge in [0.15, 0.2) is 11.5 Å². The van der Waals surface area contributed by atoms with Gasteiger partial charge in [-0.05, 0) is 37.6 Å². The van der Waals surface area contributed by atoms with E-state index in [9.17, 15) is 0 Å². The van der Waals surface area contributed by atoms with E-state index in [1.165, 1.54) is 6.33 Å². The summed E-state index contributed by atoms with van der Waals surface area (Å²) < 4.78 is 12.8. The Bertz CT molecular complexity index is 1100. The van der Waals surface area contributed by atoms with Gasteiger partial charge in [-0.1, -0.05) is 6.07 Å². The summed E-state index contributed by atoms with van der Waals surface area (Å²) in [5.41, 5.74) is 5.37. The summed E-state index contributed by atoms with van der Waals surface area (Å²) in [6.45, 7) is 4.12. The molecule has 0 saturated carbocycles. The average molecular weight is 395 g/mol. The molecule has 0 atom stereocenters. The molecular formula is C20H21N5O2S. The number of hydrogen-bond acceptors (Lipinski definition) is 6. The van der Waals surface area contributed by atoms with Crippen molar-refractivity contribution in [3.05, 3.63) is 57.9 Å². The van der Waals surface area contributed by atoms with Crippen LogP contribution in [0.3, 0.4) is 0 Å². The van der Waals surface area contributed by atoms with Gasteiger partial charge in [-0.2, -0.15) is 10.1 Å². The van der Waals surface area contributed by atoms with E-state index in [0.29, 0.717) is 5.95 Å². The van der Waals surface area contributed by atoms with Crippen molar-refractivity contribution in [1.82, 2.24) is 24.7 Å². The second-order valence-electron chi connectivity index (χ2n) is 6.42. The van der Waals surface area contributed by atoms with Crippen LogP contribution in [0.15, 0.2) is 36.0 Å². The summed E-state index contributed by atoms with van der Waals surface area (Å²) in [5, 5.41) is 10.0. The van der Waals surface area contributed by atoms with Crippen LogP contribution in [0.25, 0.3) is 17.2 Å². The maximum Gasteiger partial charge on any atom is 0.229 e. The Balaban J connectivity index is 1.61. The fourth-order valence-corrected chi connectivity index (χ4v) is 4.16. The second-order valence-corrected chi connectivity index (χ2v) is 7.36. The lowest BCUT2D eigenvalue weighted by atomic mass is 10.1. The molecule has 0 radical (unpaired) electrons. The van der Waals surface area contributed by atoms with Gasteiger partial charge in [-0.3, -0.25) is 4.57 Å². The van der Waals surface area contributed by atoms with E-state index in [4.69, 9.17) is 14.5 Å². The van der Waals surface area contributed by atoms with E-state index in [1.54, 1.807) is 25.6 Å². The number of ether oxygens (including phenoxy) is 2. The molecule has 144 valence electrons. The Hall–Kier alpha value is -3.13. The summed E-state index contributed by atoms with van der Waals surface area (Å²) in [6.07, 6.45) is 2.25. The minimum absolute atomic E-state index is 0.710. The number of aromatic amines is 1. The number of hydrogen-bond donors (Lipinski definition) is 1. The third kappa shape index (κ3) is 3.27. The molecule has 1 N–H and O–H groups in total. The molecule has 0 amide bonds. The van der Waals surface area contributed by atoms with Crippen LogP contribution in [-0.2, 0) is 6.42 Å². The fourth-order valence-electron chi connectivity index (χ4n) is 3.34. The summed E-state index contributed by atoms with van der Waals surface area (Å²) >= 11 is 1.66. The maximum absolute atomic E-state index is 5.40. The number of thiazole rings is 1. The van der Waals surface area contributed by atoms with Crippen LogP contribution in [0.5, 0.6) is 11.5 Å². The Morgan fingerprint density at radius 3 is 2.64 bits per heavy atom. The predicted molar refractivity (Wildman–Crippen MR) is 109 cm³/mol. The van der Waals surface area contributed by atoms with Crippen LogP contribution in [0.4, 0.5) is 0 Å². The first-order valence-electron chi connectivity index (χ1n) is 8.81. The number of nitrogens with zero attached hydrogens (tertiary/aromatic N) is 4. The molecule has 0 saturated heterocycles. The van der Waals surface area contributed by atoms with Crippen LogP contribution in [0.1, 0.15) is 22.0 Å². The van der Waals surface area contributed by atoms with Gasteiger partial charge in [0.25, 0.3) is 0 Å². The van der Waals surface area contributed by atoms with Crippen molar-refractivity contribution in [2.24, 2.45) is 0 Å². The second kappa shape index (κ2) is 7.47. The van der Waals surface area contributed by atoms with Crippen LogP contribution >= 0.6 is 11.3 Å². The molecule has 0 aliphatic carbocycles. The molecule has 4 rings (SSSR count). The van der Waals surface area contributed by atoms with Gasteiger partial charge in [-0.15, -0.1) is 11.3 Å². The number of rotatable bonds is 6. The summed E-state index contributed by atoms with van der Waals surface area (Å²) in [7, 11) is 3.29. The highest BCUT2D eigenvalue weighted by atomic mass is 32.1. The monoisotopic (exact) mass is 395 g/mol. The van der Waals surface area contributed by atoms with E-state index in [1.807, 2.05) is 18.2 Å².